The summed E-state index contributed by atoms with van der Waals surface area (Å²) in [6.45, 7) is 4.01. The van der Waals surface area contributed by atoms with Crippen molar-refractivity contribution in [3.05, 3.63) is 35.9 Å². The van der Waals surface area contributed by atoms with Crippen molar-refractivity contribution in [1.82, 2.24) is 4.90 Å². The smallest absolute Gasteiger partial charge is 0.0917 e. The van der Waals surface area contributed by atoms with Gasteiger partial charge in [0.05, 0.1) is 6.10 Å². The molecule has 1 fully saturated rings. The van der Waals surface area contributed by atoms with E-state index < -0.39 is 0 Å². The highest BCUT2D eigenvalue weighted by atomic mass is 16.3. The second-order valence-electron chi connectivity index (χ2n) is 5.31. The van der Waals surface area contributed by atoms with Crippen molar-refractivity contribution in [3.8, 4) is 0 Å². The molecule has 0 aromatic heterocycles. The van der Waals surface area contributed by atoms with Gasteiger partial charge in [-0.15, -0.1) is 0 Å². The van der Waals surface area contributed by atoms with Crippen LogP contribution in [0.4, 0.5) is 0 Å². The monoisotopic (exact) mass is 247 g/mol. The van der Waals surface area contributed by atoms with Gasteiger partial charge in [0.2, 0.25) is 0 Å². The number of hydrogen-bond donors (Lipinski definition) is 1. The molecule has 1 aliphatic carbocycles. The number of rotatable bonds is 5. The van der Waals surface area contributed by atoms with E-state index in [9.17, 15) is 5.11 Å². The first-order valence-corrected chi connectivity index (χ1v) is 7.28. The minimum Gasteiger partial charge on any atom is -0.387 e. The van der Waals surface area contributed by atoms with E-state index in [4.69, 9.17) is 0 Å². The summed E-state index contributed by atoms with van der Waals surface area (Å²) in [5, 5.41) is 10.3. The first-order valence-electron chi connectivity index (χ1n) is 7.28. The maximum absolute atomic E-state index is 10.3. The SMILES string of the molecule is CCN(CC(O)c1ccccc1)C1CCCCC1. The van der Waals surface area contributed by atoms with Crippen LogP contribution in [0, 0.1) is 0 Å². The summed E-state index contributed by atoms with van der Waals surface area (Å²) in [7, 11) is 0. The molecule has 1 unspecified atom stereocenters. The lowest BCUT2D eigenvalue weighted by atomic mass is 9.93. The average Bonchev–Trinajstić information content (AvgIpc) is 2.46. The van der Waals surface area contributed by atoms with Crippen molar-refractivity contribution < 1.29 is 5.11 Å². The van der Waals surface area contributed by atoms with Gasteiger partial charge in [-0.3, -0.25) is 4.90 Å². The minimum atomic E-state index is -0.354. The molecule has 100 valence electrons. The Morgan fingerprint density at radius 2 is 1.83 bits per heavy atom. The van der Waals surface area contributed by atoms with Crippen LogP contribution in [0.1, 0.15) is 50.7 Å². The summed E-state index contributed by atoms with van der Waals surface area (Å²) in [5.41, 5.74) is 1.03. The summed E-state index contributed by atoms with van der Waals surface area (Å²) in [6.07, 6.45) is 6.33. The van der Waals surface area contributed by atoms with E-state index in [1.165, 1.54) is 32.1 Å². The van der Waals surface area contributed by atoms with Gasteiger partial charge in [0.25, 0.3) is 0 Å². The number of nitrogens with zero attached hydrogens (tertiary/aromatic N) is 1. The molecule has 0 amide bonds. The van der Waals surface area contributed by atoms with E-state index in [1.54, 1.807) is 0 Å². The lowest BCUT2D eigenvalue weighted by Gasteiger charge is -2.34. The van der Waals surface area contributed by atoms with E-state index >= 15 is 0 Å². The molecule has 1 aromatic rings. The van der Waals surface area contributed by atoms with Gasteiger partial charge in [-0.25, -0.2) is 0 Å². The van der Waals surface area contributed by atoms with Gasteiger partial charge in [-0.05, 0) is 24.9 Å². The number of hydrogen-bond acceptors (Lipinski definition) is 2. The van der Waals surface area contributed by atoms with E-state index in [0.29, 0.717) is 6.04 Å². The molecule has 0 aliphatic heterocycles. The third-order valence-electron chi connectivity index (χ3n) is 4.09. The van der Waals surface area contributed by atoms with Gasteiger partial charge >= 0.3 is 0 Å². The zero-order valence-corrected chi connectivity index (χ0v) is 11.4. The Morgan fingerprint density at radius 3 is 2.44 bits per heavy atom. The summed E-state index contributed by atoms with van der Waals surface area (Å²) in [4.78, 5) is 2.46. The maximum atomic E-state index is 10.3. The molecule has 0 radical (unpaired) electrons. The maximum Gasteiger partial charge on any atom is 0.0917 e. The van der Waals surface area contributed by atoms with Crippen molar-refractivity contribution in [2.75, 3.05) is 13.1 Å². The molecule has 1 aromatic carbocycles. The van der Waals surface area contributed by atoms with E-state index in [1.807, 2.05) is 30.3 Å². The molecule has 0 heterocycles. The van der Waals surface area contributed by atoms with Crippen LogP contribution in [0.2, 0.25) is 0 Å². The van der Waals surface area contributed by atoms with E-state index in [-0.39, 0.29) is 6.10 Å². The van der Waals surface area contributed by atoms with Gasteiger partial charge in [0.15, 0.2) is 0 Å². The second-order valence-corrected chi connectivity index (χ2v) is 5.31. The first kappa shape index (κ1) is 13.6. The standard InChI is InChI=1S/C16H25NO/c1-2-17(15-11-7-4-8-12-15)13-16(18)14-9-5-3-6-10-14/h3,5-6,9-10,15-16,18H,2,4,7-8,11-13H2,1H3. The Bertz CT molecular complexity index is 332. The van der Waals surface area contributed by atoms with Crippen molar-refractivity contribution >= 4 is 0 Å². The molecule has 1 N–H and O–H groups in total. The summed E-state index contributed by atoms with van der Waals surface area (Å²) in [6, 6.07) is 10.7. The minimum absolute atomic E-state index is 0.354. The Balaban J connectivity index is 1.93. The van der Waals surface area contributed by atoms with Crippen LogP contribution < -0.4 is 0 Å². The van der Waals surface area contributed by atoms with Gasteiger partial charge in [0.1, 0.15) is 0 Å². The summed E-state index contributed by atoms with van der Waals surface area (Å²) >= 11 is 0. The summed E-state index contributed by atoms with van der Waals surface area (Å²) in [5.74, 6) is 0. The van der Waals surface area contributed by atoms with Crippen molar-refractivity contribution in [2.24, 2.45) is 0 Å². The topological polar surface area (TPSA) is 23.5 Å². The van der Waals surface area contributed by atoms with Gasteiger partial charge in [0, 0.05) is 12.6 Å². The van der Waals surface area contributed by atoms with Crippen LogP contribution in [0.15, 0.2) is 30.3 Å². The van der Waals surface area contributed by atoms with Crippen LogP contribution in [0.3, 0.4) is 0 Å². The predicted molar refractivity (Wildman–Crippen MR) is 75.5 cm³/mol. The van der Waals surface area contributed by atoms with Crippen LogP contribution in [0.5, 0.6) is 0 Å². The second kappa shape index (κ2) is 6.91. The van der Waals surface area contributed by atoms with Crippen LogP contribution in [0.25, 0.3) is 0 Å². The highest BCUT2D eigenvalue weighted by Gasteiger charge is 2.22. The molecule has 0 spiro atoms. The molecule has 2 heteroatoms. The Labute approximate surface area is 111 Å². The molecular weight excluding hydrogens is 222 g/mol. The van der Waals surface area contributed by atoms with Crippen LogP contribution >= 0.6 is 0 Å². The Kier molecular flexibility index (Phi) is 5.21. The highest BCUT2D eigenvalue weighted by molar-refractivity contribution is 5.17. The largest absolute Gasteiger partial charge is 0.387 e. The fourth-order valence-electron chi connectivity index (χ4n) is 2.99. The number of aliphatic hydroxyl groups is 1. The molecule has 0 saturated heterocycles. The fraction of sp³-hybridized carbons (Fsp3) is 0.625. The zero-order valence-electron chi connectivity index (χ0n) is 11.4. The first-order chi connectivity index (χ1) is 8.81. The molecule has 1 atom stereocenters. The fourth-order valence-corrected chi connectivity index (χ4v) is 2.99. The molecular formula is C16H25NO. The van der Waals surface area contributed by atoms with E-state index in [2.05, 4.69) is 11.8 Å². The third-order valence-corrected chi connectivity index (χ3v) is 4.09. The predicted octanol–water partition coefficient (Wildman–Crippen LogP) is 3.37. The zero-order chi connectivity index (χ0) is 12.8. The molecule has 2 nitrogen and oxygen atoms in total. The van der Waals surface area contributed by atoms with Gasteiger partial charge < -0.3 is 5.11 Å². The molecule has 0 bridgehead atoms. The van der Waals surface area contributed by atoms with Gasteiger partial charge in [-0.1, -0.05) is 56.5 Å². The van der Waals surface area contributed by atoms with Gasteiger partial charge in [-0.2, -0.15) is 0 Å². The van der Waals surface area contributed by atoms with Crippen molar-refractivity contribution in [2.45, 2.75) is 51.2 Å². The molecule has 18 heavy (non-hydrogen) atoms. The Morgan fingerprint density at radius 1 is 1.17 bits per heavy atom. The summed E-state index contributed by atoms with van der Waals surface area (Å²) < 4.78 is 0. The van der Waals surface area contributed by atoms with Crippen LogP contribution in [-0.4, -0.2) is 29.1 Å². The van der Waals surface area contributed by atoms with Crippen molar-refractivity contribution in [1.29, 1.82) is 0 Å². The number of benzene rings is 1. The number of aliphatic hydroxyl groups excluding tert-OH is 1. The van der Waals surface area contributed by atoms with Crippen LogP contribution in [-0.2, 0) is 0 Å². The molecule has 1 saturated carbocycles. The molecule has 1 aliphatic rings. The lowest BCUT2D eigenvalue weighted by molar-refractivity contribution is 0.0767. The molecule has 2 rings (SSSR count). The lowest BCUT2D eigenvalue weighted by Crippen LogP contribution is -2.39. The average molecular weight is 247 g/mol. The number of likely N-dealkylation sites (N-methyl/N-ethyl adjacent to an activating group) is 1. The highest BCUT2D eigenvalue weighted by Crippen LogP contribution is 2.24. The third kappa shape index (κ3) is 3.56. The van der Waals surface area contributed by atoms with E-state index in [0.717, 1.165) is 18.7 Å². The van der Waals surface area contributed by atoms with Crippen molar-refractivity contribution in [3.63, 3.8) is 0 Å². The quantitative estimate of drug-likeness (QED) is 0.862. The Hall–Kier alpha value is -0.860. The normalized spacial score (nSPS) is 19.1.